The van der Waals surface area contributed by atoms with Crippen molar-refractivity contribution < 1.29 is 9.57 Å². The number of oxime groups is 1. The molecule has 0 unspecified atom stereocenters. The number of ether oxygens (including phenoxy) is 1. The van der Waals surface area contributed by atoms with Crippen LogP contribution in [0.25, 0.3) is 15.9 Å². The van der Waals surface area contributed by atoms with Crippen LogP contribution in [-0.2, 0) is 24.3 Å². The van der Waals surface area contributed by atoms with Gasteiger partial charge < -0.3 is 9.57 Å². The molecule has 0 radical (unpaired) electrons. The smallest absolute Gasteiger partial charge is 0.192 e. The lowest BCUT2D eigenvalue weighted by atomic mass is 9.72. The topological polar surface area (TPSA) is 73.9 Å². The summed E-state index contributed by atoms with van der Waals surface area (Å²) in [4.78, 5) is 17.4. The maximum absolute atomic E-state index is 5.45. The van der Waals surface area contributed by atoms with E-state index in [2.05, 4.69) is 36.0 Å². The van der Waals surface area contributed by atoms with Crippen molar-refractivity contribution in [3.63, 3.8) is 0 Å². The summed E-state index contributed by atoms with van der Waals surface area (Å²) >= 11 is 1.81. The van der Waals surface area contributed by atoms with E-state index in [-0.39, 0.29) is 6.61 Å². The van der Waals surface area contributed by atoms with Crippen molar-refractivity contribution in [1.29, 1.82) is 0 Å². The van der Waals surface area contributed by atoms with E-state index in [0.717, 1.165) is 40.0 Å². The number of fused-ring (bicyclic) bond motifs is 5. The molecule has 1 aliphatic rings. The SMILES string of the molecule is COc1ccc(/C=N\OCc2nc3c4c5c(sc4ncn3n2)C[C@@H](C(C)(C)C)CC5)cc1. The van der Waals surface area contributed by atoms with Crippen LogP contribution in [0.3, 0.4) is 0 Å². The molecule has 8 heteroatoms. The zero-order chi connectivity index (χ0) is 22.3. The quantitative estimate of drug-likeness (QED) is 0.315. The van der Waals surface area contributed by atoms with Gasteiger partial charge in [-0.15, -0.1) is 16.4 Å². The minimum absolute atomic E-state index is 0.203. The third-order valence-corrected chi connectivity index (χ3v) is 7.40. The molecule has 0 aliphatic heterocycles. The zero-order valence-electron chi connectivity index (χ0n) is 18.8. The Labute approximate surface area is 191 Å². The molecule has 3 heterocycles. The third-order valence-electron chi connectivity index (χ3n) is 6.24. The van der Waals surface area contributed by atoms with Gasteiger partial charge in [0, 0.05) is 4.88 Å². The van der Waals surface area contributed by atoms with Gasteiger partial charge in [0.25, 0.3) is 0 Å². The first-order valence-corrected chi connectivity index (χ1v) is 11.7. The number of hydrogen-bond donors (Lipinski definition) is 0. The van der Waals surface area contributed by atoms with Gasteiger partial charge in [0.1, 0.15) is 16.9 Å². The Kier molecular flexibility index (Phi) is 5.33. The van der Waals surface area contributed by atoms with Gasteiger partial charge in [-0.2, -0.15) is 0 Å². The normalized spacial score (nSPS) is 16.7. The molecule has 0 N–H and O–H groups in total. The van der Waals surface area contributed by atoms with Crippen LogP contribution in [0.4, 0.5) is 0 Å². The highest BCUT2D eigenvalue weighted by molar-refractivity contribution is 7.19. The Morgan fingerprint density at radius 3 is 2.81 bits per heavy atom. The van der Waals surface area contributed by atoms with E-state index in [1.807, 2.05) is 35.6 Å². The van der Waals surface area contributed by atoms with Crippen molar-refractivity contribution in [2.75, 3.05) is 7.11 Å². The molecule has 3 aromatic heterocycles. The van der Waals surface area contributed by atoms with Crippen molar-refractivity contribution in [2.45, 2.75) is 46.6 Å². The van der Waals surface area contributed by atoms with Crippen molar-refractivity contribution in [1.82, 2.24) is 19.6 Å². The molecule has 0 saturated heterocycles. The largest absolute Gasteiger partial charge is 0.497 e. The summed E-state index contributed by atoms with van der Waals surface area (Å²) in [5.74, 6) is 2.10. The molecule has 0 fully saturated rings. The highest BCUT2D eigenvalue weighted by atomic mass is 32.1. The molecule has 0 bridgehead atoms. The average molecular weight is 450 g/mol. The van der Waals surface area contributed by atoms with Crippen molar-refractivity contribution in [3.8, 4) is 5.75 Å². The number of thiophene rings is 1. The molecule has 166 valence electrons. The monoisotopic (exact) mass is 449 g/mol. The molecular weight excluding hydrogens is 422 g/mol. The van der Waals surface area contributed by atoms with Gasteiger partial charge in [-0.3, -0.25) is 0 Å². The lowest BCUT2D eigenvalue weighted by Crippen LogP contribution is -2.26. The maximum atomic E-state index is 5.45. The van der Waals surface area contributed by atoms with Crippen LogP contribution >= 0.6 is 11.3 Å². The summed E-state index contributed by atoms with van der Waals surface area (Å²) in [5.41, 5.74) is 3.51. The van der Waals surface area contributed by atoms with E-state index < -0.39 is 0 Å². The second-order valence-corrected chi connectivity index (χ2v) is 10.4. The molecule has 7 nitrogen and oxygen atoms in total. The van der Waals surface area contributed by atoms with Gasteiger partial charge >= 0.3 is 0 Å². The van der Waals surface area contributed by atoms with Gasteiger partial charge in [-0.25, -0.2) is 14.5 Å². The minimum Gasteiger partial charge on any atom is -0.497 e. The number of benzene rings is 1. The van der Waals surface area contributed by atoms with E-state index >= 15 is 0 Å². The fraction of sp³-hybridized carbons (Fsp3) is 0.417. The van der Waals surface area contributed by atoms with Crippen molar-refractivity contribution in [2.24, 2.45) is 16.5 Å². The lowest BCUT2D eigenvalue weighted by molar-refractivity contribution is 0.126. The van der Waals surface area contributed by atoms with Crippen LogP contribution in [0, 0.1) is 11.3 Å². The van der Waals surface area contributed by atoms with Crippen LogP contribution in [-0.4, -0.2) is 32.9 Å². The predicted molar refractivity (Wildman–Crippen MR) is 127 cm³/mol. The molecule has 4 aromatic rings. The van der Waals surface area contributed by atoms with E-state index in [1.54, 1.807) is 24.2 Å². The van der Waals surface area contributed by atoms with E-state index in [4.69, 9.17) is 14.6 Å². The summed E-state index contributed by atoms with van der Waals surface area (Å²) in [7, 11) is 1.64. The number of hydrogen-bond acceptors (Lipinski definition) is 7. The molecule has 1 aromatic carbocycles. The summed E-state index contributed by atoms with van der Waals surface area (Å²) in [6.45, 7) is 7.23. The summed E-state index contributed by atoms with van der Waals surface area (Å²) in [5, 5.41) is 9.75. The lowest BCUT2D eigenvalue weighted by Gasteiger charge is -2.33. The first-order chi connectivity index (χ1) is 15.4. The number of methoxy groups -OCH3 is 1. The summed E-state index contributed by atoms with van der Waals surface area (Å²) < 4.78 is 6.92. The number of nitrogens with zero attached hydrogens (tertiary/aromatic N) is 5. The first-order valence-electron chi connectivity index (χ1n) is 10.9. The van der Waals surface area contributed by atoms with Gasteiger partial charge in [0.2, 0.25) is 0 Å². The Balaban J connectivity index is 1.35. The van der Waals surface area contributed by atoms with E-state index in [1.165, 1.54) is 16.9 Å². The zero-order valence-corrected chi connectivity index (χ0v) is 19.6. The fourth-order valence-electron chi connectivity index (χ4n) is 4.30. The molecule has 5 rings (SSSR count). The Morgan fingerprint density at radius 1 is 1.25 bits per heavy atom. The molecule has 1 aliphatic carbocycles. The standard InChI is InChI=1S/C24H27N5O2S/c1-24(2,3)16-7-10-18-19(11-16)32-23-21(18)22-27-20(28-29(22)14-25-23)13-31-26-12-15-5-8-17(30-4)9-6-15/h5-6,8-9,12,14,16H,7,10-11,13H2,1-4H3/b26-12-/t16-/m0/s1. The molecule has 0 spiro atoms. The van der Waals surface area contributed by atoms with Crippen LogP contribution in [0.15, 0.2) is 35.7 Å². The fourth-order valence-corrected chi connectivity index (χ4v) is 5.56. The Bertz CT molecular complexity index is 1280. The molecule has 1 atom stereocenters. The third kappa shape index (κ3) is 3.95. The minimum atomic E-state index is 0.203. The highest BCUT2D eigenvalue weighted by Crippen LogP contribution is 2.43. The average Bonchev–Trinajstić information content (AvgIpc) is 3.36. The highest BCUT2D eigenvalue weighted by Gasteiger charge is 2.31. The number of aryl methyl sites for hydroxylation is 1. The van der Waals surface area contributed by atoms with Gasteiger partial charge in [-0.1, -0.05) is 25.9 Å². The Morgan fingerprint density at radius 2 is 2.06 bits per heavy atom. The molecular formula is C24H27N5O2S. The van der Waals surface area contributed by atoms with E-state index in [9.17, 15) is 0 Å². The van der Waals surface area contributed by atoms with Gasteiger partial charge in [0.05, 0.1) is 18.7 Å². The summed E-state index contributed by atoms with van der Waals surface area (Å²) in [6, 6.07) is 7.60. The predicted octanol–water partition coefficient (Wildman–Crippen LogP) is 5.05. The Hall–Kier alpha value is -3.00. The van der Waals surface area contributed by atoms with Gasteiger partial charge in [-0.05, 0) is 66.0 Å². The number of aromatic nitrogens is 4. The summed E-state index contributed by atoms with van der Waals surface area (Å²) in [6.07, 6.45) is 6.81. The second-order valence-electron chi connectivity index (χ2n) is 9.31. The molecule has 0 saturated carbocycles. The van der Waals surface area contributed by atoms with Crippen LogP contribution in [0.5, 0.6) is 5.75 Å². The van der Waals surface area contributed by atoms with E-state index in [0.29, 0.717) is 17.2 Å². The van der Waals surface area contributed by atoms with Crippen LogP contribution in [0.2, 0.25) is 0 Å². The van der Waals surface area contributed by atoms with Crippen molar-refractivity contribution >= 4 is 33.4 Å². The van der Waals surface area contributed by atoms with Gasteiger partial charge in [0.15, 0.2) is 18.1 Å². The molecule has 0 amide bonds. The maximum Gasteiger partial charge on any atom is 0.192 e. The first kappa shape index (κ1) is 20.9. The molecule has 32 heavy (non-hydrogen) atoms. The number of rotatable bonds is 5. The van der Waals surface area contributed by atoms with Crippen LogP contribution < -0.4 is 4.74 Å². The van der Waals surface area contributed by atoms with Crippen LogP contribution in [0.1, 0.15) is 49.0 Å². The second kappa shape index (κ2) is 8.16. The van der Waals surface area contributed by atoms with Crippen molar-refractivity contribution in [3.05, 3.63) is 52.4 Å².